The van der Waals surface area contributed by atoms with Gasteiger partial charge in [-0.2, -0.15) is 0 Å². The minimum atomic E-state index is 0.466. The summed E-state index contributed by atoms with van der Waals surface area (Å²) in [5.74, 6) is 0.993. The van der Waals surface area contributed by atoms with Crippen molar-refractivity contribution in [2.75, 3.05) is 0 Å². The molecule has 0 saturated carbocycles. The predicted octanol–water partition coefficient (Wildman–Crippen LogP) is 4.87. The molecule has 0 amide bonds. The minimum Gasteiger partial charge on any atom is -0.417 e. The summed E-state index contributed by atoms with van der Waals surface area (Å²) in [7, 11) is 0. The molecule has 0 radical (unpaired) electrons. The number of hydrogen-bond acceptors (Lipinski definition) is 3. The van der Waals surface area contributed by atoms with E-state index in [2.05, 4.69) is 10.2 Å². The van der Waals surface area contributed by atoms with Crippen molar-refractivity contribution in [3.8, 4) is 11.5 Å². The van der Waals surface area contributed by atoms with Crippen LogP contribution in [0.3, 0.4) is 0 Å². The van der Waals surface area contributed by atoms with Crippen LogP contribution < -0.4 is 0 Å². The van der Waals surface area contributed by atoms with E-state index in [1.807, 2.05) is 61.5 Å². The molecule has 0 aliphatic rings. The first kappa shape index (κ1) is 13.6. The molecule has 0 N–H and O–H groups in total. The van der Waals surface area contributed by atoms with E-state index < -0.39 is 0 Å². The zero-order valence-electron chi connectivity index (χ0n) is 11.5. The van der Waals surface area contributed by atoms with Crippen LogP contribution in [0.2, 0.25) is 5.02 Å². The van der Waals surface area contributed by atoms with Crippen LogP contribution in [0.25, 0.3) is 23.6 Å². The molecule has 0 aliphatic heterocycles. The molecule has 0 aliphatic carbocycles. The summed E-state index contributed by atoms with van der Waals surface area (Å²) in [4.78, 5) is 0. The fraction of sp³-hybridized carbons (Fsp3) is 0.0588. The molecule has 3 nitrogen and oxygen atoms in total. The lowest BCUT2D eigenvalue weighted by atomic mass is 10.1. The summed E-state index contributed by atoms with van der Waals surface area (Å²) in [6.45, 7) is 2.01. The van der Waals surface area contributed by atoms with E-state index in [0.29, 0.717) is 16.8 Å². The number of rotatable bonds is 3. The Hall–Kier alpha value is -2.39. The van der Waals surface area contributed by atoms with Gasteiger partial charge in [0.25, 0.3) is 0 Å². The number of aryl methyl sites for hydroxylation is 1. The monoisotopic (exact) mass is 296 g/mol. The van der Waals surface area contributed by atoms with Gasteiger partial charge in [0.15, 0.2) is 0 Å². The van der Waals surface area contributed by atoms with Crippen molar-refractivity contribution in [3.05, 3.63) is 70.6 Å². The molecule has 1 aromatic heterocycles. The van der Waals surface area contributed by atoms with Gasteiger partial charge in [-0.1, -0.05) is 41.9 Å². The molecule has 3 rings (SSSR count). The minimum absolute atomic E-state index is 0.466. The SMILES string of the molecule is Cc1ccccc1-c1nnc(/C=C/c2cccc(Cl)c2)o1. The molecular weight excluding hydrogens is 284 g/mol. The number of hydrogen-bond donors (Lipinski definition) is 0. The smallest absolute Gasteiger partial charge is 0.248 e. The van der Waals surface area contributed by atoms with Crippen LogP contribution in [0.15, 0.2) is 52.9 Å². The van der Waals surface area contributed by atoms with Gasteiger partial charge in [0.1, 0.15) is 0 Å². The van der Waals surface area contributed by atoms with E-state index in [0.717, 1.165) is 16.7 Å². The van der Waals surface area contributed by atoms with Crippen LogP contribution in [0, 0.1) is 6.92 Å². The highest BCUT2D eigenvalue weighted by atomic mass is 35.5. The van der Waals surface area contributed by atoms with Crippen LogP contribution >= 0.6 is 11.6 Å². The van der Waals surface area contributed by atoms with Gasteiger partial charge < -0.3 is 4.42 Å². The van der Waals surface area contributed by atoms with E-state index >= 15 is 0 Å². The highest BCUT2D eigenvalue weighted by molar-refractivity contribution is 6.30. The third kappa shape index (κ3) is 3.20. The van der Waals surface area contributed by atoms with E-state index in [4.69, 9.17) is 16.0 Å². The maximum Gasteiger partial charge on any atom is 0.248 e. The van der Waals surface area contributed by atoms with Crippen LogP contribution in [0.1, 0.15) is 17.0 Å². The summed E-state index contributed by atoms with van der Waals surface area (Å²) in [6.07, 6.45) is 3.67. The normalized spacial score (nSPS) is 11.1. The Morgan fingerprint density at radius 1 is 1.00 bits per heavy atom. The van der Waals surface area contributed by atoms with Gasteiger partial charge in [-0.25, -0.2) is 0 Å². The third-order valence-corrected chi connectivity index (χ3v) is 3.32. The average Bonchev–Trinajstić information content (AvgIpc) is 2.94. The number of benzene rings is 2. The Morgan fingerprint density at radius 3 is 2.67 bits per heavy atom. The van der Waals surface area contributed by atoms with Gasteiger partial charge in [-0.15, -0.1) is 10.2 Å². The maximum absolute atomic E-state index is 5.94. The maximum atomic E-state index is 5.94. The van der Waals surface area contributed by atoms with Gasteiger partial charge >= 0.3 is 0 Å². The van der Waals surface area contributed by atoms with Crippen LogP contribution in [-0.4, -0.2) is 10.2 Å². The lowest BCUT2D eigenvalue weighted by Gasteiger charge is -1.98. The Bertz CT molecular complexity index is 793. The van der Waals surface area contributed by atoms with Gasteiger partial charge in [0.05, 0.1) is 0 Å². The Morgan fingerprint density at radius 2 is 1.86 bits per heavy atom. The summed E-state index contributed by atoms with van der Waals surface area (Å²) in [6, 6.07) is 15.5. The second-order valence-electron chi connectivity index (χ2n) is 4.65. The van der Waals surface area contributed by atoms with Crippen molar-refractivity contribution in [1.29, 1.82) is 0 Å². The number of aromatic nitrogens is 2. The van der Waals surface area contributed by atoms with Gasteiger partial charge in [0, 0.05) is 16.7 Å². The zero-order valence-corrected chi connectivity index (χ0v) is 12.2. The number of halogens is 1. The molecular formula is C17H13ClN2O. The number of nitrogens with zero attached hydrogens (tertiary/aromatic N) is 2. The molecule has 3 aromatic rings. The summed E-state index contributed by atoms with van der Waals surface area (Å²) in [5.41, 5.74) is 3.04. The van der Waals surface area contributed by atoms with E-state index in [1.165, 1.54) is 0 Å². The molecule has 0 unspecified atom stereocenters. The second kappa shape index (κ2) is 5.94. The first-order valence-corrected chi connectivity index (χ1v) is 6.93. The van der Waals surface area contributed by atoms with Crippen molar-refractivity contribution in [2.24, 2.45) is 0 Å². The fourth-order valence-corrected chi connectivity index (χ4v) is 2.20. The zero-order chi connectivity index (χ0) is 14.7. The van der Waals surface area contributed by atoms with Crippen LogP contribution in [-0.2, 0) is 0 Å². The quantitative estimate of drug-likeness (QED) is 0.692. The molecule has 2 aromatic carbocycles. The van der Waals surface area contributed by atoms with E-state index in [-0.39, 0.29) is 0 Å². The molecule has 0 bridgehead atoms. The van der Waals surface area contributed by atoms with E-state index in [9.17, 15) is 0 Å². The van der Waals surface area contributed by atoms with Crippen molar-refractivity contribution in [2.45, 2.75) is 6.92 Å². The second-order valence-corrected chi connectivity index (χ2v) is 5.09. The summed E-state index contributed by atoms with van der Waals surface area (Å²) < 4.78 is 5.66. The molecule has 0 saturated heterocycles. The fourth-order valence-electron chi connectivity index (χ4n) is 2.00. The highest BCUT2D eigenvalue weighted by Gasteiger charge is 2.08. The topological polar surface area (TPSA) is 38.9 Å². The molecule has 104 valence electrons. The van der Waals surface area contributed by atoms with Crippen molar-refractivity contribution in [3.63, 3.8) is 0 Å². The predicted molar refractivity (Wildman–Crippen MR) is 84.9 cm³/mol. The molecule has 4 heteroatoms. The third-order valence-electron chi connectivity index (χ3n) is 3.08. The first-order chi connectivity index (χ1) is 10.2. The Labute approximate surface area is 127 Å². The van der Waals surface area contributed by atoms with Crippen molar-refractivity contribution in [1.82, 2.24) is 10.2 Å². The molecule has 1 heterocycles. The lowest BCUT2D eigenvalue weighted by Crippen LogP contribution is -1.81. The lowest BCUT2D eigenvalue weighted by molar-refractivity contribution is 0.557. The van der Waals surface area contributed by atoms with Crippen molar-refractivity contribution >= 4 is 23.8 Å². The van der Waals surface area contributed by atoms with Crippen molar-refractivity contribution < 1.29 is 4.42 Å². The molecule has 0 fully saturated rings. The summed E-state index contributed by atoms with van der Waals surface area (Å²) >= 11 is 5.94. The first-order valence-electron chi connectivity index (χ1n) is 6.55. The van der Waals surface area contributed by atoms with Crippen LogP contribution in [0.5, 0.6) is 0 Å². The molecule has 0 spiro atoms. The molecule has 21 heavy (non-hydrogen) atoms. The highest BCUT2D eigenvalue weighted by Crippen LogP contribution is 2.22. The van der Waals surface area contributed by atoms with Gasteiger partial charge in [-0.3, -0.25) is 0 Å². The standard InChI is InChI=1S/C17H13ClN2O/c1-12-5-2-3-8-15(12)17-20-19-16(21-17)10-9-13-6-4-7-14(18)11-13/h2-11H,1H3/b10-9+. The largest absolute Gasteiger partial charge is 0.417 e. The Kier molecular flexibility index (Phi) is 3.84. The van der Waals surface area contributed by atoms with E-state index in [1.54, 1.807) is 6.08 Å². The van der Waals surface area contributed by atoms with Crippen LogP contribution in [0.4, 0.5) is 0 Å². The van der Waals surface area contributed by atoms with Gasteiger partial charge in [-0.05, 0) is 42.3 Å². The molecule has 0 atom stereocenters. The van der Waals surface area contributed by atoms with Gasteiger partial charge in [0.2, 0.25) is 11.8 Å². The average molecular weight is 297 g/mol. The summed E-state index contributed by atoms with van der Waals surface area (Å²) in [5, 5.41) is 8.82. The Balaban J connectivity index is 1.84.